The van der Waals surface area contributed by atoms with Gasteiger partial charge in [0.15, 0.2) is 0 Å². The van der Waals surface area contributed by atoms with Gasteiger partial charge in [0.05, 0.1) is 6.10 Å². The van der Waals surface area contributed by atoms with Gasteiger partial charge in [-0.05, 0) is 37.8 Å². The number of hydrogen-bond donors (Lipinski definition) is 0. The van der Waals surface area contributed by atoms with Crippen molar-refractivity contribution in [1.82, 2.24) is 14.8 Å². The molecule has 24 heavy (non-hydrogen) atoms. The maximum absolute atomic E-state index is 12.5. The van der Waals surface area contributed by atoms with Gasteiger partial charge in [-0.1, -0.05) is 0 Å². The molecule has 2 aliphatic heterocycles. The zero-order chi connectivity index (χ0) is 16.8. The van der Waals surface area contributed by atoms with Crippen molar-refractivity contribution >= 4 is 11.8 Å². The van der Waals surface area contributed by atoms with E-state index in [1.165, 1.54) is 0 Å². The monoisotopic (exact) mass is 331 g/mol. The predicted octanol–water partition coefficient (Wildman–Crippen LogP) is 1.72. The van der Waals surface area contributed by atoms with E-state index >= 15 is 0 Å². The molecule has 3 rings (SSSR count). The lowest BCUT2D eigenvalue weighted by Crippen LogP contribution is -2.37. The first-order valence-electron chi connectivity index (χ1n) is 8.83. The first-order valence-corrected chi connectivity index (χ1v) is 8.83. The molecule has 3 heterocycles. The highest BCUT2D eigenvalue weighted by molar-refractivity contribution is 5.94. The first kappa shape index (κ1) is 16.9. The van der Waals surface area contributed by atoms with Crippen LogP contribution in [0, 0.1) is 0 Å². The van der Waals surface area contributed by atoms with Crippen LogP contribution in [-0.4, -0.2) is 65.5 Å². The largest absolute Gasteiger partial charge is 0.378 e. The molecule has 0 N–H and O–H groups in total. The van der Waals surface area contributed by atoms with E-state index in [1.807, 2.05) is 9.80 Å². The SMILES string of the molecule is O=C(CCC1CCCO1)N1CCCN(C(=O)c2ccncc2)CC1. The third kappa shape index (κ3) is 4.32. The average Bonchev–Trinajstić information content (AvgIpc) is 3.02. The molecular weight excluding hydrogens is 306 g/mol. The number of hydrogen-bond acceptors (Lipinski definition) is 4. The van der Waals surface area contributed by atoms with Crippen molar-refractivity contribution in [1.29, 1.82) is 0 Å². The Morgan fingerprint density at radius 3 is 2.58 bits per heavy atom. The number of amides is 2. The van der Waals surface area contributed by atoms with Crippen molar-refractivity contribution in [2.24, 2.45) is 0 Å². The maximum Gasteiger partial charge on any atom is 0.254 e. The van der Waals surface area contributed by atoms with Gasteiger partial charge in [-0.3, -0.25) is 14.6 Å². The molecule has 0 aliphatic carbocycles. The topological polar surface area (TPSA) is 62.7 Å². The van der Waals surface area contributed by atoms with Crippen LogP contribution in [0.2, 0.25) is 0 Å². The molecule has 2 amide bonds. The lowest BCUT2D eigenvalue weighted by Gasteiger charge is -2.22. The molecule has 6 heteroatoms. The second-order valence-electron chi connectivity index (χ2n) is 6.44. The van der Waals surface area contributed by atoms with E-state index in [9.17, 15) is 9.59 Å². The summed E-state index contributed by atoms with van der Waals surface area (Å²) in [5.41, 5.74) is 0.656. The summed E-state index contributed by atoms with van der Waals surface area (Å²) < 4.78 is 5.58. The Labute approximate surface area is 142 Å². The van der Waals surface area contributed by atoms with Crippen molar-refractivity contribution in [2.75, 3.05) is 32.8 Å². The number of rotatable bonds is 4. The fraction of sp³-hybridized carbons (Fsp3) is 0.611. The van der Waals surface area contributed by atoms with Gasteiger partial charge < -0.3 is 14.5 Å². The molecular formula is C18H25N3O3. The van der Waals surface area contributed by atoms with Crippen LogP contribution in [0.1, 0.15) is 42.5 Å². The summed E-state index contributed by atoms with van der Waals surface area (Å²) in [5, 5.41) is 0. The molecule has 1 aromatic heterocycles. The molecule has 130 valence electrons. The fourth-order valence-electron chi connectivity index (χ4n) is 3.36. The lowest BCUT2D eigenvalue weighted by molar-refractivity contribution is -0.131. The molecule has 6 nitrogen and oxygen atoms in total. The highest BCUT2D eigenvalue weighted by Crippen LogP contribution is 2.18. The second kappa shape index (κ2) is 8.24. The molecule has 0 spiro atoms. The van der Waals surface area contributed by atoms with Crippen molar-refractivity contribution in [2.45, 2.75) is 38.2 Å². The highest BCUT2D eigenvalue weighted by Gasteiger charge is 2.24. The number of carbonyl (C=O) groups is 2. The number of ether oxygens (including phenoxy) is 1. The van der Waals surface area contributed by atoms with E-state index in [-0.39, 0.29) is 17.9 Å². The minimum Gasteiger partial charge on any atom is -0.378 e. The summed E-state index contributed by atoms with van der Waals surface area (Å²) in [5.74, 6) is 0.203. The van der Waals surface area contributed by atoms with Crippen LogP contribution in [0.25, 0.3) is 0 Å². The van der Waals surface area contributed by atoms with Gasteiger partial charge in [0.2, 0.25) is 5.91 Å². The summed E-state index contributed by atoms with van der Waals surface area (Å²) in [6.07, 6.45) is 7.87. The predicted molar refractivity (Wildman–Crippen MR) is 89.5 cm³/mol. The van der Waals surface area contributed by atoms with Crippen molar-refractivity contribution in [3.8, 4) is 0 Å². The molecule has 2 aliphatic rings. The Kier molecular flexibility index (Phi) is 5.80. The normalized spacial score (nSPS) is 21.6. The molecule has 1 atom stereocenters. The highest BCUT2D eigenvalue weighted by atomic mass is 16.5. The Morgan fingerprint density at radius 2 is 1.83 bits per heavy atom. The molecule has 1 unspecified atom stereocenters. The summed E-state index contributed by atoms with van der Waals surface area (Å²) >= 11 is 0. The molecule has 1 aromatic rings. The molecule has 0 aromatic carbocycles. The molecule has 0 saturated carbocycles. The lowest BCUT2D eigenvalue weighted by atomic mass is 10.1. The third-order valence-electron chi connectivity index (χ3n) is 4.77. The molecule has 2 saturated heterocycles. The zero-order valence-corrected chi connectivity index (χ0v) is 14.0. The van der Waals surface area contributed by atoms with Gasteiger partial charge in [-0.15, -0.1) is 0 Å². The van der Waals surface area contributed by atoms with Crippen LogP contribution in [0.4, 0.5) is 0 Å². The molecule has 0 bridgehead atoms. The first-order chi connectivity index (χ1) is 11.7. The van der Waals surface area contributed by atoms with Crippen LogP contribution in [0.3, 0.4) is 0 Å². The van der Waals surface area contributed by atoms with Crippen LogP contribution < -0.4 is 0 Å². The standard InChI is InChI=1S/C18H25N3O3/c22-17(5-4-16-3-1-14-24-16)20-10-2-11-21(13-12-20)18(23)15-6-8-19-9-7-15/h6-9,16H,1-5,10-14H2. The Bertz CT molecular complexity index is 558. The molecule has 2 fully saturated rings. The Hall–Kier alpha value is -1.95. The van der Waals surface area contributed by atoms with Crippen molar-refractivity contribution in [3.63, 3.8) is 0 Å². The van der Waals surface area contributed by atoms with Crippen molar-refractivity contribution in [3.05, 3.63) is 30.1 Å². The third-order valence-corrected chi connectivity index (χ3v) is 4.77. The number of pyridine rings is 1. The number of carbonyl (C=O) groups excluding carboxylic acids is 2. The quantitative estimate of drug-likeness (QED) is 0.843. The van der Waals surface area contributed by atoms with E-state index in [2.05, 4.69) is 4.98 Å². The van der Waals surface area contributed by atoms with Crippen LogP contribution >= 0.6 is 0 Å². The fourth-order valence-corrected chi connectivity index (χ4v) is 3.36. The number of aromatic nitrogens is 1. The van der Waals surface area contributed by atoms with Crippen LogP contribution in [0.5, 0.6) is 0 Å². The number of nitrogens with zero attached hydrogens (tertiary/aromatic N) is 3. The summed E-state index contributed by atoms with van der Waals surface area (Å²) in [7, 11) is 0. The Balaban J connectivity index is 1.49. The summed E-state index contributed by atoms with van der Waals surface area (Å²) in [4.78, 5) is 32.6. The minimum atomic E-state index is 0.0195. The Morgan fingerprint density at radius 1 is 1.08 bits per heavy atom. The van der Waals surface area contributed by atoms with E-state index in [0.717, 1.165) is 38.8 Å². The maximum atomic E-state index is 12.5. The summed E-state index contributed by atoms with van der Waals surface area (Å²) in [6.45, 7) is 3.45. The van der Waals surface area contributed by atoms with Gasteiger partial charge in [0.1, 0.15) is 0 Å². The van der Waals surface area contributed by atoms with Crippen LogP contribution in [0.15, 0.2) is 24.5 Å². The van der Waals surface area contributed by atoms with Gasteiger partial charge >= 0.3 is 0 Å². The van der Waals surface area contributed by atoms with E-state index in [4.69, 9.17) is 4.74 Å². The summed E-state index contributed by atoms with van der Waals surface area (Å²) in [6, 6.07) is 3.47. The van der Waals surface area contributed by atoms with Crippen LogP contribution in [-0.2, 0) is 9.53 Å². The smallest absolute Gasteiger partial charge is 0.254 e. The average molecular weight is 331 g/mol. The van der Waals surface area contributed by atoms with Gasteiger partial charge in [-0.25, -0.2) is 0 Å². The minimum absolute atomic E-state index is 0.0195. The van der Waals surface area contributed by atoms with Crippen molar-refractivity contribution < 1.29 is 14.3 Å². The van der Waals surface area contributed by atoms with Gasteiger partial charge in [0.25, 0.3) is 5.91 Å². The zero-order valence-electron chi connectivity index (χ0n) is 14.0. The van der Waals surface area contributed by atoms with Gasteiger partial charge in [0, 0.05) is 57.2 Å². The second-order valence-corrected chi connectivity index (χ2v) is 6.44. The molecule has 0 radical (unpaired) electrons. The van der Waals surface area contributed by atoms with E-state index in [0.29, 0.717) is 31.6 Å². The van der Waals surface area contributed by atoms with Gasteiger partial charge in [-0.2, -0.15) is 0 Å². The van der Waals surface area contributed by atoms with E-state index in [1.54, 1.807) is 24.5 Å². The van der Waals surface area contributed by atoms with E-state index < -0.39 is 0 Å².